The number of anilines is 1. The third-order valence-electron chi connectivity index (χ3n) is 2.65. The number of hydrogen-bond donors (Lipinski definition) is 1. The number of ether oxygens (including phenoxy) is 1. The monoisotopic (exact) mass is 303 g/mol. The van der Waals surface area contributed by atoms with Crippen molar-refractivity contribution in [1.82, 2.24) is 0 Å². The highest BCUT2D eigenvalue weighted by Crippen LogP contribution is 2.22. The molecule has 0 amide bonds. The number of hydrogen-bond acceptors (Lipinski definition) is 3. The van der Waals surface area contributed by atoms with E-state index < -0.39 is 13.7 Å². The van der Waals surface area contributed by atoms with Crippen molar-refractivity contribution >= 4 is 19.7 Å². The summed E-state index contributed by atoms with van der Waals surface area (Å²) in [4.78, 5) is 12.3. The molecule has 1 rings (SSSR count). The van der Waals surface area contributed by atoms with Gasteiger partial charge in [0.1, 0.15) is 13.7 Å². The molecule has 4 heteroatoms. The van der Waals surface area contributed by atoms with Crippen molar-refractivity contribution in [2.75, 3.05) is 5.73 Å². The third-order valence-corrected chi connectivity index (χ3v) is 3.52. The second-order valence-corrected chi connectivity index (χ2v) is 12.0. The predicted molar refractivity (Wildman–Crippen MR) is 91.0 cm³/mol. The molecule has 0 aliphatic carbocycles. The zero-order valence-electron chi connectivity index (χ0n) is 14.0. The summed E-state index contributed by atoms with van der Waals surface area (Å²) in [6.45, 7) is 13.9. The molecule has 0 fully saturated rings. The number of carbonyl (C=O) groups excluding carboxylic acids is 1. The first-order valence-corrected chi connectivity index (χ1v) is 10.6. The fraction of sp³-hybridized carbons (Fsp3) is 0.471. The molecule has 3 nitrogen and oxygen atoms in total. The van der Waals surface area contributed by atoms with Crippen molar-refractivity contribution in [2.45, 2.75) is 52.9 Å². The largest absolute Gasteiger partial charge is 0.456 e. The maximum atomic E-state index is 12.3. The molecule has 0 radical (unpaired) electrons. The van der Waals surface area contributed by atoms with Crippen molar-refractivity contribution in [3.8, 4) is 11.5 Å². The molecule has 0 spiro atoms. The molecule has 0 saturated carbocycles. The lowest BCUT2D eigenvalue weighted by molar-refractivity contribution is 0.00688. The summed E-state index contributed by atoms with van der Waals surface area (Å²) in [5.74, 6) is 2.78. The Balaban J connectivity index is 3.24. The molecule has 1 aromatic carbocycles. The summed E-state index contributed by atoms with van der Waals surface area (Å²) < 4.78 is 5.43. The molecule has 0 aliphatic heterocycles. The molecule has 0 saturated heterocycles. The summed E-state index contributed by atoms with van der Waals surface area (Å²) in [5.41, 5.74) is 11.3. The van der Waals surface area contributed by atoms with E-state index in [1.165, 1.54) is 0 Å². The molecule has 0 aromatic heterocycles. The van der Waals surface area contributed by atoms with Crippen LogP contribution in [0, 0.1) is 18.4 Å². The van der Waals surface area contributed by atoms with Gasteiger partial charge in [0.25, 0.3) is 0 Å². The minimum absolute atomic E-state index is 0.358. The van der Waals surface area contributed by atoms with Crippen molar-refractivity contribution in [3.05, 3.63) is 28.8 Å². The van der Waals surface area contributed by atoms with Crippen molar-refractivity contribution in [2.24, 2.45) is 0 Å². The summed E-state index contributed by atoms with van der Waals surface area (Å²) in [6.07, 6.45) is 0. The molecule has 21 heavy (non-hydrogen) atoms. The van der Waals surface area contributed by atoms with Crippen LogP contribution in [0.4, 0.5) is 5.69 Å². The molecule has 2 N–H and O–H groups in total. The first kappa shape index (κ1) is 17.3. The molecule has 0 aliphatic rings. The standard InChI is InChI=1S/C17H25NO2Si/c1-12-14(16(19)20-17(2,3)4)10-13(11-15(12)18)8-9-21(5,6)7/h10-11H,18H2,1-7H3. The van der Waals surface area contributed by atoms with E-state index in [1.54, 1.807) is 6.07 Å². The van der Waals surface area contributed by atoms with Gasteiger partial charge in [-0.2, -0.15) is 0 Å². The van der Waals surface area contributed by atoms with Crippen LogP contribution in [0.5, 0.6) is 0 Å². The van der Waals surface area contributed by atoms with Crippen LogP contribution in [0.1, 0.15) is 42.3 Å². The van der Waals surface area contributed by atoms with E-state index in [9.17, 15) is 4.79 Å². The van der Waals surface area contributed by atoms with E-state index in [1.807, 2.05) is 33.8 Å². The summed E-state index contributed by atoms with van der Waals surface area (Å²) >= 11 is 0. The van der Waals surface area contributed by atoms with E-state index in [2.05, 4.69) is 31.1 Å². The van der Waals surface area contributed by atoms with E-state index in [4.69, 9.17) is 10.5 Å². The zero-order valence-corrected chi connectivity index (χ0v) is 15.0. The zero-order chi connectivity index (χ0) is 16.4. The Morgan fingerprint density at radius 2 is 1.81 bits per heavy atom. The fourth-order valence-corrected chi connectivity index (χ4v) is 2.13. The molecule has 114 valence electrons. The Labute approximate surface area is 128 Å². The number of rotatable bonds is 1. The topological polar surface area (TPSA) is 52.3 Å². The molecule has 0 bridgehead atoms. The van der Waals surface area contributed by atoms with Crippen molar-refractivity contribution in [3.63, 3.8) is 0 Å². The lowest BCUT2D eigenvalue weighted by Gasteiger charge is -2.20. The quantitative estimate of drug-likeness (QED) is 0.372. The Morgan fingerprint density at radius 1 is 1.24 bits per heavy atom. The van der Waals surface area contributed by atoms with Crippen LogP contribution in [0.15, 0.2) is 12.1 Å². The maximum absolute atomic E-state index is 12.3. The van der Waals surface area contributed by atoms with Gasteiger partial charge in [0.2, 0.25) is 0 Å². The van der Waals surface area contributed by atoms with Crippen LogP contribution >= 0.6 is 0 Å². The fourth-order valence-electron chi connectivity index (χ4n) is 1.61. The molecular formula is C17H25NO2Si. The van der Waals surface area contributed by atoms with Gasteiger partial charge in [0.05, 0.1) is 5.56 Å². The van der Waals surface area contributed by atoms with Crippen LogP contribution in [0.3, 0.4) is 0 Å². The van der Waals surface area contributed by atoms with E-state index in [-0.39, 0.29) is 5.97 Å². The van der Waals surface area contributed by atoms with Gasteiger partial charge in [-0.3, -0.25) is 0 Å². The van der Waals surface area contributed by atoms with Crippen LogP contribution in [0.25, 0.3) is 0 Å². The third kappa shape index (κ3) is 5.64. The van der Waals surface area contributed by atoms with Crippen LogP contribution in [-0.2, 0) is 4.74 Å². The normalized spacial score (nSPS) is 11.6. The maximum Gasteiger partial charge on any atom is 0.339 e. The Bertz CT molecular complexity index is 611. The molecule has 0 atom stereocenters. The molecule has 0 heterocycles. The SMILES string of the molecule is Cc1c(N)cc(C#C[Si](C)(C)C)cc1C(=O)OC(C)(C)C. The average Bonchev–Trinajstić information content (AvgIpc) is 2.27. The van der Waals surface area contributed by atoms with Crippen LogP contribution in [0.2, 0.25) is 19.6 Å². The first-order valence-electron chi connectivity index (χ1n) is 7.06. The predicted octanol–water partition coefficient (Wildman–Crippen LogP) is 3.76. The van der Waals surface area contributed by atoms with Gasteiger partial charge in [-0.25, -0.2) is 4.79 Å². The number of carbonyl (C=O) groups is 1. The van der Waals surface area contributed by atoms with Gasteiger partial charge in [0, 0.05) is 11.3 Å². The van der Waals surface area contributed by atoms with Crippen molar-refractivity contribution in [1.29, 1.82) is 0 Å². The van der Waals surface area contributed by atoms with Crippen LogP contribution in [-0.4, -0.2) is 19.6 Å². The lowest BCUT2D eigenvalue weighted by atomic mass is 10.0. The average molecular weight is 303 g/mol. The number of nitrogens with two attached hydrogens (primary N) is 1. The molecule has 0 unspecified atom stereocenters. The second kappa shape index (κ2) is 5.95. The Hall–Kier alpha value is -1.73. The van der Waals surface area contributed by atoms with Gasteiger partial charge in [-0.05, 0) is 45.4 Å². The highest BCUT2D eigenvalue weighted by molar-refractivity contribution is 6.83. The summed E-state index contributed by atoms with van der Waals surface area (Å²) in [6, 6.07) is 3.59. The van der Waals surface area contributed by atoms with Gasteiger partial charge in [-0.1, -0.05) is 25.6 Å². The highest BCUT2D eigenvalue weighted by Gasteiger charge is 2.20. The molecular weight excluding hydrogens is 278 g/mol. The minimum atomic E-state index is -1.47. The molecule has 1 aromatic rings. The summed E-state index contributed by atoms with van der Waals surface area (Å²) in [7, 11) is -1.47. The van der Waals surface area contributed by atoms with Gasteiger partial charge < -0.3 is 10.5 Å². The van der Waals surface area contributed by atoms with Crippen molar-refractivity contribution < 1.29 is 9.53 Å². The van der Waals surface area contributed by atoms with E-state index >= 15 is 0 Å². The first-order chi connectivity index (χ1) is 9.39. The summed E-state index contributed by atoms with van der Waals surface area (Å²) in [5, 5.41) is 0. The van der Waals surface area contributed by atoms with Crippen LogP contribution < -0.4 is 5.73 Å². The Morgan fingerprint density at radius 3 is 2.29 bits per heavy atom. The minimum Gasteiger partial charge on any atom is -0.456 e. The van der Waals surface area contributed by atoms with E-state index in [0.29, 0.717) is 11.3 Å². The Kier molecular flexibility index (Phi) is 4.90. The number of benzene rings is 1. The number of nitrogen functional groups attached to an aromatic ring is 1. The highest BCUT2D eigenvalue weighted by atomic mass is 28.3. The smallest absolute Gasteiger partial charge is 0.339 e. The van der Waals surface area contributed by atoms with Gasteiger partial charge >= 0.3 is 5.97 Å². The van der Waals surface area contributed by atoms with E-state index in [0.717, 1.165) is 11.1 Å². The van der Waals surface area contributed by atoms with Gasteiger partial charge in [-0.15, -0.1) is 5.54 Å². The second-order valence-electron chi connectivity index (χ2n) is 7.24. The van der Waals surface area contributed by atoms with Gasteiger partial charge in [0.15, 0.2) is 0 Å². The number of esters is 1. The lowest BCUT2D eigenvalue weighted by Crippen LogP contribution is -2.24.